The number of carbonyl (C=O) groups is 1. The number of H-pyrrole nitrogens is 1. The van der Waals surface area contributed by atoms with Gasteiger partial charge in [-0.05, 0) is 12.1 Å². The molecule has 1 aromatic carbocycles. The minimum atomic E-state index is -0.351. The monoisotopic (exact) mass is 248 g/mol. The molecule has 1 amide bonds. The Labute approximate surface area is 103 Å². The molecule has 1 aliphatic rings. The van der Waals surface area contributed by atoms with Crippen LogP contribution in [-0.4, -0.2) is 35.0 Å². The first-order chi connectivity index (χ1) is 8.74. The Hall–Kier alpha value is -1.95. The lowest BCUT2D eigenvalue weighted by Gasteiger charge is -2.22. The van der Waals surface area contributed by atoms with Crippen LogP contribution in [0, 0.1) is 5.82 Å². The molecule has 0 spiro atoms. The van der Waals surface area contributed by atoms with Crippen molar-refractivity contribution >= 4 is 16.9 Å². The van der Waals surface area contributed by atoms with Crippen molar-refractivity contribution in [1.29, 1.82) is 0 Å². The maximum atomic E-state index is 13.5. The van der Waals surface area contributed by atoms with Crippen molar-refractivity contribution in [3.63, 3.8) is 0 Å². The average Bonchev–Trinajstić information content (AvgIpc) is 2.76. The number of aromatic amines is 1. The van der Waals surface area contributed by atoms with Crippen molar-refractivity contribution in [2.24, 2.45) is 0 Å². The number of rotatable bonds is 2. The smallest absolute Gasteiger partial charge is 0.237 e. The van der Waals surface area contributed by atoms with Crippen LogP contribution in [0.15, 0.2) is 18.2 Å². The summed E-state index contributed by atoms with van der Waals surface area (Å²) in [7, 11) is 0. The summed E-state index contributed by atoms with van der Waals surface area (Å²) in [6.45, 7) is 1.38. The largest absolute Gasteiger partial charge is 0.353 e. The number of fused-ring (bicyclic) bond motifs is 1. The quantitative estimate of drug-likeness (QED) is 0.717. The normalized spacial score (nSPS) is 20.1. The molecule has 1 fully saturated rings. The number of para-hydroxylation sites is 1. The highest BCUT2D eigenvalue weighted by Crippen LogP contribution is 2.15. The van der Waals surface area contributed by atoms with Gasteiger partial charge in [0.1, 0.15) is 11.3 Å². The SMILES string of the molecule is O=C1NCCNC1Cc1nc2c(F)cccc2[nH]1. The molecule has 6 heteroatoms. The van der Waals surface area contributed by atoms with Crippen LogP contribution in [0.4, 0.5) is 4.39 Å². The summed E-state index contributed by atoms with van der Waals surface area (Å²) in [6.07, 6.45) is 0.431. The minimum absolute atomic E-state index is 0.0396. The zero-order chi connectivity index (χ0) is 12.5. The predicted molar refractivity (Wildman–Crippen MR) is 64.6 cm³/mol. The number of hydrogen-bond acceptors (Lipinski definition) is 3. The molecule has 3 rings (SSSR count). The summed E-state index contributed by atoms with van der Waals surface area (Å²) < 4.78 is 13.5. The molecule has 18 heavy (non-hydrogen) atoms. The Balaban J connectivity index is 1.86. The van der Waals surface area contributed by atoms with Gasteiger partial charge in [0.05, 0.1) is 11.6 Å². The third-order valence-electron chi connectivity index (χ3n) is 3.04. The van der Waals surface area contributed by atoms with E-state index in [9.17, 15) is 9.18 Å². The number of nitrogens with zero attached hydrogens (tertiary/aromatic N) is 1. The molecule has 1 saturated heterocycles. The average molecular weight is 248 g/mol. The topological polar surface area (TPSA) is 69.8 Å². The van der Waals surface area contributed by atoms with Gasteiger partial charge in [-0.15, -0.1) is 0 Å². The van der Waals surface area contributed by atoms with Gasteiger partial charge in [-0.25, -0.2) is 9.37 Å². The van der Waals surface area contributed by atoms with Crippen molar-refractivity contribution in [2.45, 2.75) is 12.5 Å². The molecule has 3 N–H and O–H groups in total. The number of piperazine rings is 1. The van der Waals surface area contributed by atoms with Gasteiger partial charge in [-0.1, -0.05) is 6.07 Å². The zero-order valence-corrected chi connectivity index (χ0v) is 9.66. The van der Waals surface area contributed by atoms with E-state index in [1.54, 1.807) is 12.1 Å². The lowest BCUT2D eigenvalue weighted by molar-refractivity contribution is -0.124. The third-order valence-corrected chi connectivity index (χ3v) is 3.04. The Kier molecular flexibility index (Phi) is 2.71. The standard InChI is InChI=1S/C12H13FN4O/c13-7-2-1-3-8-11(7)17-10(16-8)6-9-12(18)15-5-4-14-9/h1-3,9,14H,4-6H2,(H,15,18)(H,16,17). The van der Waals surface area contributed by atoms with E-state index in [4.69, 9.17) is 0 Å². The molecule has 2 heterocycles. The fraction of sp³-hybridized carbons (Fsp3) is 0.333. The second kappa shape index (κ2) is 4.38. The van der Waals surface area contributed by atoms with Crippen LogP contribution in [0.3, 0.4) is 0 Å². The number of hydrogen-bond donors (Lipinski definition) is 3. The summed E-state index contributed by atoms with van der Waals surface area (Å²) in [5, 5.41) is 5.89. The van der Waals surface area contributed by atoms with Crippen molar-refractivity contribution in [1.82, 2.24) is 20.6 Å². The molecule has 2 aromatic rings. The molecule has 0 bridgehead atoms. The third kappa shape index (κ3) is 1.95. The van der Waals surface area contributed by atoms with E-state index in [0.717, 1.165) is 6.54 Å². The molecular formula is C12H13FN4O. The van der Waals surface area contributed by atoms with Gasteiger partial charge in [0.25, 0.3) is 0 Å². The lowest BCUT2D eigenvalue weighted by atomic mass is 10.1. The number of carbonyl (C=O) groups excluding carboxylic acids is 1. The zero-order valence-electron chi connectivity index (χ0n) is 9.66. The molecule has 1 aromatic heterocycles. The van der Waals surface area contributed by atoms with E-state index in [-0.39, 0.29) is 17.8 Å². The second-order valence-electron chi connectivity index (χ2n) is 4.32. The molecule has 0 saturated carbocycles. The van der Waals surface area contributed by atoms with Crippen LogP contribution in [0.2, 0.25) is 0 Å². The van der Waals surface area contributed by atoms with Crippen LogP contribution in [0.1, 0.15) is 5.82 Å². The fourth-order valence-corrected chi connectivity index (χ4v) is 2.15. The fourth-order valence-electron chi connectivity index (χ4n) is 2.15. The number of nitrogens with one attached hydrogen (secondary N) is 3. The van der Waals surface area contributed by atoms with Crippen molar-refractivity contribution in [2.75, 3.05) is 13.1 Å². The van der Waals surface area contributed by atoms with Crippen molar-refractivity contribution < 1.29 is 9.18 Å². The summed E-state index contributed by atoms with van der Waals surface area (Å²) in [4.78, 5) is 18.8. The van der Waals surface area contributed by atoms with E-state index < -0.39 is 0 Å². The first-order valence-corrected chi connectivity index (χ1v) is 5.88. The Morgan fingerprint density at radius 3 is 3.06 bits per heavy atom. The molecular weight excluding hydrogens is 235 g/mol. The van der Waals surface area contributed by atoms with Gasteiger partial charge in [0, 0.05) is 19.5 Å². The van der Waals surface area contributed by atoms with E-state index in [1.165, 1.54) is 6.07 Å². The van der Waals surface area contributed by atoms with E-state index in [0.29, 0.717) is 29.8 Å². The number of halogens is 1. The Morgan fingerprint density at radius 1 is 1.39 bits per heavy atom. The highest BCUT2D eigenvalue weighted by molar-refractivity contribution is 5.83. The van der Waals surface area contributed by atoms with Crippen LogP contribution < -0.4 is 10.6 Å². The van der Waals surface area contributed by atoms with E-state index in [1.807, 2.05) is 0 Å². The highest BCUT2D eigenvalue weighted by Gasteiger charge is 2.23. The summed E-state index contributed by atoms with van der Waals surface area (Å²) in [6, 6.07) is 4.47. The van der Waals surface area contributed by atoms with Crippen LogP contribution in [0.25, 0.3) is 11.0 Å². The van der Waals surface area contributed by atoms with Gasteiger partial charge in [-0.2, -0.15) is 0 Å². The molecule has 94 valence electrons. The van der Waals surface area contributed by atoms with Crippen molar-refractivity contribution in [3.05, 3.63) is 29.8 Å². The van der Waals surface area contributed by atoms with Gasteiger partial charge < -0.3 is 15.6 Å². The van der Waals surface area contributed by atoms with Crippen molar-refractivity contribution in [3.8, 4) is 0 Å². The summed E-state index contributed by atoms with van der Waals surface area (Å²) in [5.41, 5.74) is 0.977. The molecule has 1 unspecified atom stereocenters. The van der Waals surface area contributed by atoms with Crippen LogP contribution >= 0.6 is 0 Å². The highest BCUT2D eigenvalue weighted by atomic mass is 19.1. The summed E-state index contributed by atoms with van der Waals surface area (Å²) >= 11 is 0. The molecule has 5 nitrogen and oxygen atoms in total. The number of aromatic nitrogens is 2. The molecule has 0 aliphatic carbocycles. The lowest BCUT2D eigenvalue weighted by Crippen LogP contribution is -2.53. The second-order valence-corrected chi connectivity index (χ2v) is 4.32. The van der Waals surface area contributed by atoms with E-state index >= 15 is 0 Å². The van der Waals surface area contributed by atoms with Gasteiger partial charge in [0.2, 0.25) is 5.91 Å². The Bertz CT molecular complexity index is 595. The van der Waals surface area contributed by atoms with Crippen LogP contribution in [0.5, 0.6) is 0 Å². The first kappa shape index (κ1) is 11.2. The maximum absolute atomic E-state index is 13.5. The van der Waals surface area contributed by atoms with Gasteiger partial charge >= 0.3 is 0 Å². The van der Waals surface area contributed by atoms with Gasteiger partial charge in [-0.3, -0.25) is 4.79 Å². The number of benzene rings is 1. The number of amides is 1. The molecule has 0 radical (unpaired) electrons. The number of imidazole rings is 1. The maximum Gasteiger partial charge on any atom is 0.237 e. The van der Waals surface area contributed by atoms with Crippen LogP contribution in [-0.2, 0) is 11.2 Å². The molecule has 1 atom stereocenters. The predicted octanol–water partition coefficient (Wildman–Crippen LogP) is 0.332. The first-order valence-electron chi connectivity index (χ1n) is 5.88. The minimum Gasteiger partial charge on any atom is -0.353 e. The molecule has 1 aliphatic heterocycles. The van der Waals surface area contributed by atoms with Gasteiger partial charge in [0.15, 0.2) is 5.82 Å². The Morgan fingerprint density at radius 2 is 2.28 bits per heavy atom. The summed E-state index contributed by atoms with van der Waals surface area (Å²) in [5.74, 6) is 0.225. The van der Waals surface area contributed by atoms with E-state index in [2.05, 4.69) is 20.6 Å².